The Morgan fingerprint density at radius 3 is 2.72 bits per heavy atom. The summed E-state index contributed by atoms with van der Waals surface area (Å²) >= 11 is 0. The fourth-order valence-electron chi connectivity index (χ4n) is 1.82. The van der Waals surface area contributed by atoms with Gasteiger partial charge in [-0.3, -0.25) is 4.79 Å². The fourth-order valence-corrected chi connectivity index (χ4v) is 1.82. The van der Waals surface area contributed by atoms with Crippen molar-refractivity contribution in [3.63, 3.8) is 0 Å². The second-order valence-electron chi connectivity index (χ2n) is 4.20. The standard InChI is InChI=1S/C14H17N3O/c1-3-6-11-9-13(18)17-14(16-11)12-8-5-7-10(4-2)15-12/h5,7-9H,3-4,6H2,1-2H3,(H,16,17,18). The van der Waals surface area contributed by atoms with Gasteiger partial charge in [-0.15, -0.1) is 0 Å². The van der Waals surface area contributed by atoms with Gasteiger partial charge in [0.05, 0.1) is 0 Å². The summed E-state index contributed by atoms with van der Waals surface area (Å²) in [6.45, 7) is 4.12. The molecule has 4 heteroatoms. The summed E-state index contributed by atoms with van der Waals surface area (Å²) in [6.07, 6.45) is 2.65. The van der Waals surface area contributed by atoms with Crippen molar-refractivity contribution in [3.05, 3.63) is 46.0 Å². The number of nitrogens with one attached hydrogen (secondary N) is 1. The largest absolute Gasteiger partial charge is 0.305 e. The normalized spacial score (nSPS) is 10.6. The van der Waals surface area contributed by atoms with Crippen LogP contribution in [-0.2, 0) is 12.8 Å². The molecule has 0 amide bonds. The summed E-state index contributed by atoms with van der Waals surface area (Å²) in [5, 5.41) is 0. The van der Waals surface area contributed by atoms with Crippen LogP contribution in [0.15, 0.2) is 29.1 Å². The summed E-state index contributed by atoms with van der Waals surface area (Å²) in [4.78, 5) is 23.3. The van der Waals surface area contributed by atoms with E-state index in [0.717, 1.165) is 36.3 Å². The van der Waals surface area contributed by atoms with Gasteiger partial charge in [-0.2, -0.15) is 0 Å². The van der Waals surface area contributed by atoms with Crippen LogP contribution in [0.25, 0.3) is 11.5 Å². The van der Waals surface area contributed by atoms with Crippen molar-refractivity contribution in [3.8, 4) is 11.5 Å². The first-order chi connectivity index (χ1) is 8.72. The lowest BCUT2D eigenvalue weighted by Gasteiger charge is -2.04. The van der Waals surface area contributed by atoms with Gasteiger partial charge in [-0.25, -0.2) is 9.97 Å². The zero-order valence-corrected chi connectivity index (χ0v) is 10.7. The Labute approximate surface area is 106 Å². The molecule has 0 atom stereocenters. The highest BCUT2D eigenvalue weighted by atomic mass is 16.1. The Hall–Kier alpha value is -1.97. The molecule has 1 N–H and O–H groups in total. The van der Waals surface area contributed by atoms with Gasteiger partial charge in [-0.05, 0) is 25.0 Å². The minimum Gasteiger partial charge on any atom is -0.305 e. The fraction of sp³-hybridized carbons (Fsp3) is 0.357. The molecular weight excluding hydrogens is 226 g/mol. The minimum atomic E-state index is -0.118. The molecule has 0 radical (unpaired) electrons. The molecule has 0 fully saturated rings. The molecule has 0 aliphatic carbocycles. The second kappa shape index (κ2) is 5.58. The van der Waals surface area contributed by atoms with E-state index in [0.29, 0.717) is 5.82 Å². The molecule has 0 aliphatic heterocycles. The van der Waals surface area contributed by atoms with Gasteiger partial charge in [-0.1, -0.05) is 26.3 Å². The molecule has 2 aromatic rings. The van der Waals surface area contributed by atoms with Crippen molar-refractivity contribution in [1.29, 1.82) is 0 Å². The van der Waals surface area contributed by atoms with Crippen molar-refractivity contribution in [1.82, 2.24) is 15.0 Å². The highest BCUT2D eigenvalue weighted by molar-refractivity contribution is 5.49. The first kappa shape index (κ1) is 12.5. The predicted octanol–water partition coefficient (Wildman–Crippen LogP) is 2.35. The van der Waals surface area contributed by atoms with E-state index in [9.17, 15) is 4.79 Å². The van der Waals surface area contributed by atoms with E-state index >= 15 is 0 Å². The topological polar surface area (TPSA) is 58.6 Å². The van der Waals surface area contributed by atoms with E-state index in [4.69, 9.17) is 0 Å². The summed E-state index contributed by atoms with van der Waals surface area (Å²) < 4.78 is 0. The minimum absolute atomic E-state index is 0.118. The monoisotopic (exact) mass is 243 g/mol. The number of hydrogen-bond acceptors (Lipinski definition) is 3. The number of aromatic nitrogens is 3. The van der Waals surface area contributed by atoms with Gasteiger partial charge in [0.15, 0.2) is 5.82 Å². The van der Waals surface area contributed by atoms with Crippen molar-refractivity contribution in [2.24, 2.45) is 0 Å². The number of aromatic amines is 1. The van der Waals surface area contributed by atoms with Crippen molar-refractivity contribution < 1.29 is 0 Å². The number of hydrogen-bond donors (Lipinski definition) is 1. The molecule has 0 aliphatic rings. The number of H-pyrrole nitrogens is 1. The van der Waals surface area contributed by atoms with E-state index in [1.165, 1.54) is 0 Å². The van der Waals surface area contributed by atoms with Gasteiger partial charge in [0.2, 0.25) is 0 Å². The zero-order valence-electron chi connectivity index (χ0n) is 10.7. The predicted molar refractivity (Wildman–Crippen MR) is 71.5 cm³/mol. The van der Waals surface area contributed by atoms with Gasteiger partial charge in [0, 0.05) is 17.5 Å². The van der Waals surface area contributed by atoms with Gasteiger partial charge >= 0.3 is 0 Å². The number of aryl methyl sites for hydroxylation is 2. The maximum atomic E-state index is 11.6. The first-order valence-electron chi connectivity index (χ1n) is 6.29. The lowest BCUT2D eigenvalue weighted by Crippen LogP contribution is -2.11. The molecule has 0 bridgehead atoms. The third kappa shape index (κ3) is 2.83. The molecule has 0 unspecified atom stereocenters. The highest BCUT2D eigenvalue weighted by Gasteiger charge is 2.05. The van der Waals surface area contributed by atoms with Crippen LogP contribution in [0.2, 0.25) is 0 Å². The number of pyridine rings is 1. The molecular formula is C14H17N3O. The summed E-state index contributed by atoms with van der Waals surface area (Å²) in [5.41, 5.74) is 2.42. The van der Waals surface area contributed by atoms with Crippen LogP contribution >= 0.6 is 0 Å². The van der Waals surface area contributed by atoms with Gasteiger partial charge in [0.1, 0.15) is 5.69 Å². The molecule has 4 nitrogen and oxygen atoms in total. The summed E-state index contributed by atoms with van der Waals surface area (Å²) in [5.74, 6) is 0.557. The Balaban J connectivity index is 2.45. The van der Waals surface area contributed by atoms with Crippen LogP contribution in [0.3, 0.4) is 0 Å². The van der Waals surface area contributed by atoms with Gasteiger partial charge in [0.25, 0.3) is 5.56 Å². The third-order valence-electron chi connectivity index (χ3n) is 2.71. The Morgan fingerprint density at radius 2 is 2.00 bits per heavy atom. The molecule has 0 spiro atoms. The van der Waals surface area contributed by atoms with Gasteiger partial charge < -0.3 is 4.98 Å². The van der Waals surface area contributed by atoms with E-state index in [2.05, 4.69) is 28.8 Å². The molecule has 0 saturated carbocycles. The Morgan fingerprint density at radius 1 is 1.17 bits per heavy atom. The number of nitrogens with zero attached hydrogens (tertiary/aromatic N) is 2. The van der Waals surface area contributed by atoms with Crippen LogP contribution in [0.4, 0.5) is 0 Å². The molecule has 0 aromatic carbocycles. The molecule has 18 heavy (non-hydrogen) atoms. The van der Waals surface area contributed by atoms with E-state index in [1.54, 1.807) is 6.07 Å². The highest BCUT2D eigenvalue weighted by Crippen LogP contribution is 2.12. The third-order valence-corrected chi connectivity index (χ3v) is 2.71. The maximum Gasteiger partial charge on any atom is 0.251 e. The average Bonchev–Trinajstić information content (AvgIpc) is 2.38. The molecule has 0 saturated heterocycles. The second-order valence-corrected chi connectivity index (χ2v) is 4.20. The van der Waals surface area contributed by atoms with Crippen molar-refractivity contribution >= 4 is 0 Å². The maximum absolute atomic E-state index is 11.6. The zero-order chi connectivity index (χ0) is 13.0. The van der Waals surface area contributed by atoms with Crippen molar-refractivity contribution in [2.75, 3.05) is 0 Å². The lowest BCUT2D eigenvalue weighted by atomic mass is 10.2. The van der Waals surface area contributed by atoms with E-state index in [1.807, 2.05) is 18.2 Å². The van der Waals surface area contributed by atoms with E-state index < -0.39 is 0 Å². The summed E-state index contributed by atoms with van der Waals surface area (Å²) in [7, 11) is 0. The van der Waals surface area contributed by atoms with Crippen molar-refractivity contribution in [2.45, 2.75) is 33.1 Å². The quantitative estimate of drug-likeness (QED) is 0.896. The smallest absolute Gasteiger partial charge is 0.251 e. The Kier molecular flexibility index (Phi) is 3.87. The Bertz CT molecular complexity index is 590. The van der Waals surface area contributed by atoms with Crippen LogP contribution < -0.4 is 5.56 Å². The van der Waals surface area contributed by atoms with E-state index in [-0.39, 0.29) is 5.56 Å². The van der Waals surface area contributed by atoms with Crippen LogP contribution in [0, 0.1) is 0 Å². The van der Waals surface area contributed by atoms with Crippen LogP contribution in [0.1, 0.15) is 31.7 Å². The average molecular weight is 243 g/mol. The molecule has 94 valence electrons. The molecule has 2 heterocycles. The van der Waals surface area contributed by atoms with Crippen LogP contribution in [0.5, 0.6) is 0 Å². The lowest BCUT2D eigenvalue weighted by molar-refractivity contribution is 0.867. The number of rotatable bonds is 4. The van der Waals surface area contributed by atoms with Crippen LogP contribution in [-0.4, -0.2) is 15.0 Å². The summed E-state index contributed by atoms with van der Waals surface area (Å²) in [6, 6.07) is 7.33. The SMILES string of the molecule is CCCc1cc(=O)[nH]c(-c2cccc(CC)n2)n1. The molecule has 2 aromatic heterocycles. The first-order valence-corrected chi connectivity index (χ1v) is 6.29. The molecule has 2 rings (SSSR count).